The van der Waals surface area contributed by atoms with Gasteiger partial charge in [0.1, 0.15) is 5.75 Å². The first kappa shape index (κ1) is 21.8. The molecule has 1 heterocycles. The number of aromatic amines is 1. The summed E-state index contributed by atoms with van der Waals surface area (Å²) in [4.78, 5) is 39.3. The lowest BCUT2D eigenvalue weighted by atomic mass is 10.1. The molecule has 0 aliphatic rings. The number of amides is 2. The van der Waals surface area contributed by atoms with Crippen LogP contribution in [0.1, 0.15) is 45.7 Å². The minimum absolute atomic E-state index is 0.144. The molecule has 3 N–H and O–H groups in total. The first-order valence-electron chi connectivity index (χ1n) is 9.94. The fourth-order valence-electron chi connectivity index (χ4n) is 3.18. The zero-order chi connectivity index (χ0) is 22.4. The summed E-state index contributed by atoms with van der Waals surface area (Å²) in [7, 11) is 0. The Bertz CT molecular complexity index is 1120. The highest BCUT2D eigenvalue weighted by Crippen LogP contribution is 2.15. The van der Waals surface area contributed by atoms with Crippen LogP contribution in [-0.4, -0.2) is 17.0 Å². The Morgan fingerprint density at radius 2 is 1.71 bits per heavy atom. The van der Waals surface area contributed by atoms with E-state index in [1.165, 1.54) is 0 Å². The predicted molar refractivity (Wildman–Crippen MR) is 118 cm³/mol. The molecule has 0 radical (unpaired) electrons. The predicted octanol–water partition coefficient (Wildman–Crippen LogP) is 3.77. The Kier molecular flexibility index (Phi) is 6.87. The summed E-state index contributed by atoms with van der Waals surface area (Å²) in [6.07, 6.45) is -0.556. The first-order chi connectivity index (χ1) is 14.8. The normalized spacial score (nSPS) is 11.5. The van der Waals surface area contributed by atoms with Crippen molar-refractivity contribution >= 4 is 12.0 Å². The summed E-state index contributed by atoms with van der Waals surface area (Å²) >= 11 is 0. The third-order valence-electron chi connectivity index (χ3n) is 4.88. The van der Waals surface area contributed by atoms with Gasteiger partial charge in [-0.05, 0) is 62.2 Å². The number of H-pyrrole nitrogens is 1. The molecule has 3 rings (SSSR count). The van der Waals surface area contributed by atoms with E-state index in [9.17, 15) is 14.4 Å². The average Bonchev–Trinajstić information content (AvgIpc) is 2.73. The molecule has 0 spiro atoms. The Morgan fingerprint density at radius 3 is 2.35 bits per heavy atom. The van der Waals surface area contributed by atoms with Gasteiger partial charge in [-0.1, -0.05) is 30.3 Å². The molecular formula is C24H25N3O4. The third-order valence-corrected chi connectivity index (χ3v) is 4.88. The molecule has 3 aromatic rings. The van der Waals surface area contributed by atoms with Crippen LogP contribution in [0.15, 0.2) is 65.5 Å². The summed E-state index contributed by atoms with van der Waals surface area (Å²) in [5, 5.41) is 5.53. The second kappa shape index (κ2) is 9.75. The highest BCUT2D eigenvalue weighted by molar-refractivity contribution is 5.94. The van der Waals surface area contributed by atoms with Crippen LogP contribution < -0.4 is 20.9 Å². The average molecular weight is 419 g/mol. The lowest BCUT2D eigenvalue weighted by Crippen LogP contribution is -2.30. The molecule has 0 fully saturated rings. The highest BCUT2D eigenvalue weighted by Gasteiger charge is 2.13. The molecule has 2 aromatic carbocycles. The van der Waals surface area contributed by atoms with Crippen molar-refractivity contribution in [2.45, 2.75) is 33.4 Å². The van der Waals surface area contributed by atoms with E-state index >= 15 is 0 Å². The number of carbonyl (C=O) groups is 2. The number of benzene rings is 2. The molecule has 0 aliphatic heterocycles. The number of ether oxygens (including phenoxy) is 1. The standard InChI is InChI=1S/C24H25N3O4/c1-15-13-16(2)26-23(29)21(15)14-25-22(28)19-11-9-18(10-12-19)17(3)27-24(30)31-20-7-5-4-6-8-20/h4-13,17H,14H2,1-3H3,(H,25,28)(H,26,29)(H,27,30). The van der Waals surface area contributed by atoms with Crippen LogP contribution in [0.25, 0.3) is 0 Å². The maximum Gasteiger partial charge on any atom is 0.413 e. The van der Waals surface area contributed by atoms with E-state index in [0.717, 1.165) is 16.8 Å². The summed E-state index contributed by atoms with van der Waals surface area (Å²) in [5.74, 6) is 0.178. The Morgan fingerprint density at radius 1 is 1.03 bits per heavy atom. The lowest BCUT2D eigenvalue weighted by Gasteiger charge is -2.15. The van der Waals surface area contributed by atoms with Crippen LogP contribution in [0.2, 0.25) is 0 Å². The summed E-state index contributed by atoms with van der Waals surface area (Å²) in [6, 6.07) is 17.3. The van der Waals surface area contributed by atoms with Crippen LogP contribution in [0.5, 0.6) is 5.75 Å². The highest BCUT2D eigenvalue weighted by atomic mass is 16.6. The Labute approximate surface area is 180 Å². The smallest absolute Gasteiger partial charge is 0.410 e. The van der Waals surface area contributed by atoms with Gasteiger partial charge in [0.05, 0.1) is 6.04 Å². The van der Waals surface area contributed by atoms with Crippen molar-refractivity contribution in [3.63, 3.8) is 0 Å². The van der Waals surface area contributed by atoms with Gasteiger partial charge in [-0.25, -0.2) is 4.79 Å². The number of hydrogen-bond donors (Lipinski definition) is 3. The van der Waals surface area contributed by atoms with Crippen molar-refractivity contribution in [2.75, 3.05) is 0 Å². The number of pyridine rings is 1. The minimum atomic E-state index is -0.556. The third kappa shape index (κ3) is 5.82. The van der Waals surface area contributed by atoms with Crippen molar-refractivity contribution in [1.82, 2.24) is 15.6 Å². The molecule has 7 heteroatoms. The van der Waals surface area contributed by atoms with Gasteiger partial charge in [-0.3, -0.25) is 9.59 Å². The Hall–Kier alpha value is -3.87. The molecule has 0 saturated carbocycles. The molecule has 0 bridgehead atoms. The topological polar surface area (TPSA) is 100 Å². The van der Waals surface area contributed by atoms with Gasteiger partial charge >= 0.3 is 6.09 Å². The molecule has 1 atom stereocenters. The number of carbonyl (C=O) groups excluding carboxylic acids is 2. The van der Waals surface area contributed by atoms with Gasteiger partial charge in [0.2, 0.25) is 0 Å². The molecule has 31 heavy (non-hydrogen) atoms. The molecule has 0 aliphatic carbocycles. The van der Waals surface area contributed by atoms with E-state index in [2.05, 4.69) is 15.6 Å². The molecular weight excluding hydrogens is 394 g/mol. The molecule has 0 saturated heterocycles. The van der Waals surface area contributed by atoms with E-state index in [1.807, 2.05) is 32.9 Å². The number of aryl methyl sites for hydroxylation is 2. The SMILES string of the molecule is Cc1cc(C)c(CNC(=O)c2ccc(C(C)NC(=O)Oc3ccccc3)cc2)c(=O)[nH]1. The minimum Gasteiger partial charge on any atom is -0.410 e. The van der Waals surface area contributed by atoms with Gasteiger partial charge in [-0.15, -0.1) is 0 Å². The van der Waals surface area contributed by atoms with E-state index in [1.54, 1.807) is 48.5 Å². The first-order valence-corrected chi connectivity index (χ1v) is 9.94. The van der Waals surface area contributed by atoms with Crippen LogP contribution in [-0.2, 0) is 6.54 Å². The number of aromatic nitrogens is 1. The second-order valence-corrected chi connectivity index (χ2v) is 7.32. The second-order valence-electron chi connectivity index (χ2n) is 7.32. The summed E-state index contributed by atoms with van der Waals surface area (Å²) in [5.41, 5.74) is 3.24. The van der Waals surface area contributed by atoms with Crippen LogP contribution >= 0.6 is 0 Å². The van der Waals surface area contributed by atoms with Gasteiger partial charge in [-0.2, -0.15) is 0 Å². The van der Waals surface area contributed by atoms with Crippen LogP contribution in [0.3, 0.4) is 0 Å². The quantitative estimate of drug-likeness (QED) is 0.566. The maximum absolute atomic E-state index is 12.5. The van der Waals surface area contributed by atoms with Gasteiger partial charge < -0.3 is 20.4 Å². The zero-order valence-electron chi connectivity index (χ0n) is 17.7. The van der Waals surface area contributed by atoms with Crippen molar-refractivity contribution < 1.29 is 14.3 Å². The van der Waals surface area contributed by atoms with E-state index in [-0.39, 0.29) is 24.1 Å². The van der Waals surface area contributed by atoms with Crippen molar-refractivity contribution in [3.05, 3.63) is 99.0 Å². The van der Waals surface area contributed by atoms with Crippen LogP contribution in [0.4, 0.5) is 4.79 Å². The van der Waals surface area contributed by atoms with E-state index in [4.69, 9.17) is 4.74 Å². The summed E-state index contributed by atoms with van der Waals surface area (Å²) in [6.45, 7) is 5.63. The molecule has 2 amide bonds. The van der Waals surface area contributed by atoms with Gasteiger partial charge in [0.25, 0.3) is 11.5 Å². The number of hydrogen-bond acceptors (Lipinski definition) is 4. The Balaban J connectivity index is 1.57. The fourth-order valence-corrected chi connectivity index (χ4v) is 3.18. The lowest BCUT2D eigenvalue weighted by molar-refractivity contribution is 0.0950. The number of nitrogens with one attached hydrogen (secondary N) is 3. The molecule has 1 aromatic heterocycles. The van der Waals surface area contributed by atoms with Crippen molar-refractivity contribution in [1.29, 1.82) is 0 Å². The van der Waals surface area contributed by atoms with Gasteiger partial charge in [0, 0.05) is 23.4 Å². The monoisotopic (exact) mass is 419 g/mol. The zero-order valence-corrected chi connectivity index (χ0v) is 17.7. The van der Waals surface area contributed by atoms with E-state index in [0.29, 0.717) is 16.9 Å². The van der Waals surface area contributed by atoms with E-state index < -0.39 is 6.09 Å². The fraction of sp³-hybridized carbons (Fsp3) is 0.208. The molecule has 7 nitrogen and oxygen atoms in total. The molecule has 160 valence electrons. The van der Waals surface area contributed by atoms with Crippen LogP contribution in [0, 0.1) is 13.8 Å². The van der Waals surface area contributed by atoms with Gasteiger partial charge in [0.15, 0.2) is 0 Å². The summed E-state index contributed by atoms with van der Waals surface area (Å²) < 4.78 is 5.23. The largest absolute Gasteiger partial charge is 0.413 e. The van der Waals surface area contributed by atoms with Crippen molar-refractivity contribution in [2.24, 2.45) is 0 Å². The maximum atomic E-state index is 12.5. The van der Waals surface area contributed by atoms with Crippen molar-refractivity contribution in [3.8, 4) is 5.75 Å². The number of para-hydroxylation sites is 1. The number of rotatable bonds is 6. The molecule has 1 unspecified atom stereocenters.